The third-order valence-electron chi connectivity index (χ3n) is 4.42. The number of anilines is 2. The van der Waals surface area contributed by atoms with E-state index in [4.69, 9.17) is 9.84 Å². The van der Waals surface area contributed by atoms with Crippen molar-refractivity contribution in [3.8, 4) is 5.75 Å². The van der Waals surface area contributed by atoms with Gasteiger partial charge in [0, 0.05) is 18.7 Å². The van der Waals surface area contributed by atoms with E-state index in [2.05, 4.69) is 5.32 Å². The number of carbonyl (C=O) groups excluding carboxylic acids is 1. The molecule has 2 aromatic rings. The van der Waals surface area contributed by atoms with Gasteiger partial charge < -0.3 is 20.1 Å². The van der Waals surface area contributed by atoms with E-state index in [1.54, 1.807) is 43.5 Å². The molecule has 0 bridgehead atoms. The number of nitrogens with one attached hydrogen (secondary N) is 1. The second-order valence-electron chi connectivity index (χ2n) is 6.15. The first-order valence-corrected chi connectivity index (χ1v) is 8.15. The highest BCUT2D eigenvalue weighted by atomic mass is 19.1. The van der Waals surface area contributed by atoms with Gasteiger partial charge in [0.15, 0.2) is 0 Å². The average Bonchev–Trinajstić information content (AvgIpc) is 3.06. The van der Waals surface area contributed by atoms with Crippen LogP contribution >= 0.6 is 0 Å². The molecule has 26 heavy (non-hydrogen) atoms. The fraction of sp³-hybridized carbons (Fsp3) is 0.263. The number of carbonyl (C=O) groups is 2. The lowest BCUT2D eigenvalue weighted by molar-refractivity contribution is -0.149. The monoisotopic (exact) mass is 358 g/mol. The number of methoxy groups -OCH3 is 1. The number of hydrogen-bond acceptors (Lipinski definition) is 4. The first-order chi connectivity index (χ1) is 12.4. The molecule has 1 saturated heterocycles. The number of nitrogens with zero attached hydrogens (tertiary/aromatic N) is 1. The van der Waals surface area contributed by atoms with Crippen LogP contribution in [0.4, 0.5) is 15.8 Å². The van der Waals surface area contributed by atoms with E-state index in [-0.39, 0.29) is 13.0 Å². The number of ether oxygens (including phenoxy) is 1. The molecule has 0 aliphatic carbocycles. The van der Waals surface area contributed by atoms with Gasteiger partial charge in [0.25, 0.3) is 5.91 Å². The zero-order chi connectivity index (χ0) is 18.7. The number of halogens is 1. The lowest BCUT2D eigenvalue weighted by Crippen LogP contribution is -2.39. The topological polar surface area (TPSA) is 78.9 Å². The van der Waals surface area contributed by atoms with Crippen molar-refractivity contribution in [2.45, 2.75) is 12.1 Å². The molecule has 0 aromatic heterocycles. The molecular formula is C19H19FN2O4. The largest absolute Gasteiger partial charge is 0.497 e. The lowest BCUT2D eigenvalue weighted by Gasteiger charge is -2.20. The minimum atomic E-state index is -2.38. The van der Waals surface area contributed by atoms with Crippen molar-refractivity contribution < 1.29 is 23.8 Å². The molecule has 1 unspecified atom stereocenters. The summed E-state index contributed by atoms with van der Waals surface area (Å²) in [6.07, 6.45) is -0.206. The number of rotatable bonds is 5. The molecule has 7 heteroatoms. The quantitative estimate of drug-likeness (QED) is 0.859. The Bertz CT molecular complexity index is 825. The summed E-state index contributed by atoms with van der Waals surface area (Å²) in [6.45, 7) is -0.378. The number of para-hydroxylation sites is 1. The lowest BCUT2D eigenvalue weighted by atomic mass is 10.1. The van der Waals surface area contributed by atoms with Gasteiger partial charge in [-0.05, 0) is 36.4 Å². The van der Waals surface area contributed by atoms with Gasteiger partial charge in [0.1, 0.15) is 5.75 Å². The number of benzene rings is 2. The van der Waals surface area contributed by atoms with Crippen LogP contribution in [0.2, 0.25) is 0 Å². The van der Waals surface area contributed by atoms with Crippen LogP contribution in [0, 0.1) is 0 Å². The molecule has 6 nitrogen and oxygen atoms in total. The van der Waals surface area contributed by atoms with Gasteiger partial charge in [-0.1, -0.05) is 12.1 Å². The van der Waals surface area contributed by atoms with Crippen molar-refractivity contribution >= 4 is 23.3 Å². The van der Waals surface area contributed by atoms with E-state index in [1.165, 1.54) is 4.90 Å². The summed E-state index contributed by atoms with van der Waals surface area (Å²) in [4.78, 5) is 25.1. The van der Waals surface area contributed by atoms with E-state index in [1.807, 2.05) is 12.1 Å². The standard InChI is InChI=1S/C19H19FN2O4/c1-26-14-8-6-13(7-9-14)21-16-5-3-2-4-15(16)17(23)22-11-10-19(20,12-22)18(24)25/h2-9,21H,10-12H2,1H3,(H,24,25). The van der Waals surface area contributed by atoms with Gasteiger partial charge >= 0.3 is 5.97 Å². The maximum absolute atomic E-state index is 14.3. The molecule has 0 radical (unpaired) electrons. The van der Waals surface area contributed by atoms with Crippen molar-refractivity contribution in [1.82, 2.24) is 4.90 Å². The fourth-order valence-corrected chi connectivity index (χ4v) is 2.90. The summed E-state index contributed by atoms with van der Waals surface area (Å²) >= 11 is 0. The molecule has 1 aliphatic rings. The Morgan fingerprint density at radius 3 is 2.50 bits per heavy atom. The normalized spacial score (nSPS) is 19.2. The van der Waals surface area contributed by atoms with E-state index in [9.17, 15) is 14.0 Å². The Hall–Kier alpha value is -3.09. The number of amides is 1. The van der Waals surface area contributed by atoms with Gasteiger partial charge in [-0.2, -0.15) is 0 Å². The number of alkyl halides is 1. The van der Waals surface area contributed by atoms with Crippen molar-refractivity contribution in [3.63, 3.8) is 0 Å². The molecule has 1 fully saturated rings. The summed E-state index contributed by atoms with van der Waals surface area (Å²) in [6, 6.07) is 14.1. The zero-order valence-corrected chi connectivity index (χ0v) is 14.2. The molecule has 0 saturated carbocycles. The second-order valence-corrected chi connectivity index (χ2v) is 6.15. The van der Waals surface area contributed by atoms with Crippen LogP contribution in [-0.4, -0.2) is 47.8 Å². The summed E-state index contributed by atoms with van der Waals surface area (Å²) in [5, 5.41) is 12.2. The van der Waals surface area contributed by atoms with Crippen LogP contribution < -0.4 is 10.1 Å². The molecule has 136 valence electrons. The molecule has 1 heterocycles. The van der Waals surface area contributed by atoms with Crippen molar-refractivity contribution in [1.29, 1.82) is 0 Å². The summed E-state index contributed by atoms with van der Waals surface area (Å²) in [7, 11) is 1.58. The second kappa shape index (κ2) is 7.03. The highest BCUT2D eigenvalue weighted by Gasteiger charge is 2.47. The Balaban J connectivity index is 1.80. The predicted molar refractivity (Wildman–Crippen MR) is 94.7 cm³/mol. The maximum Gasteiger partial charge on any atom is 0.343 e. The SMILES string of the molecule is COc1ccc(Nc2ccccc2C(=O)N2CCC(F)(C(=O)O)C2)cc1. The number of likely N-dealkylation sites (tertiary alicyclic amines) is 1. The zero-order valence-electron chi connectivity index (χ0n) is 14.2. The van der Waals surface area contributed by atoms with Crippen LogP contribution in [0.25, 0.3) is 0 Å². The van der Waals surface area contributed by atoms with Crippen LogP contribution in [0.1, 0.15) is 16.8 Å². The summed E-state index contributed by atoms with van der Waals surface area (Å²) < 4.78 is 19.4. The van der Waals surface area contributed by atoms with Gasteiger partial charge in [-0.15, -0.1) is 0 Å². The molecular weight excluding hydrogens is 339 g/mol. The Morgan fingerprint density at radius 1 is 1.19 bits per heavy atom. The molecule has 3 rings (SSSR count). The number of hydrogen-bond donors (Lipinski definition) is 2. The van der Waals surface area contributed by atoms with Crippen molar-refractivity contribution in [2.75, 3.05) is 25.5 Å². The predicted octanol–water partition coefficient (Wildman–Crippen LogP) is 3.08. The van der Waals surface area contributed by atoms with Gasteiger partial charge in [0.2, 0.25) is 5.67 Å². The minimum Gasteiger partial charge on any atom is -0.497 e. The van der Waals surface area contributed by atoms with Crippen LogP contribution in [0.3, 0.4) is 0 Å². The maximum atomic E-state index is 14.3. The first kappa shape index (κ1) is 17.7. The summed E-state index contributed by atoms with van der Waals surface area (Å²) in [5.74, 6) is -1.22. The van der Waals surface area contributed by atoms with E-state index in [0.29, 0.717) is 17.0 Å². The van der Waals surface area contributed by atoms with Crippen molar-refractivity contribution in [3.05, 3.63) is 54.1 Å². The Morgan fingerprint density at radius 2 is 1.88 bits per heavy atom. The van der Waals surface area contributed by atoms with Gasteiger partial charge in [-0.3, -0.25) is 4.79 Å². The van der Waals surface area contributed by atoms with Crippen molar-refractivity contribution in [2.24, 2.45) is 0 Å². The van der Waals surface area contributed by atoms with E-state index >= 15 is 0 Å². The minimum absolute atomic E-state index is 0.0680. The number of carboxylic acids is 1. The average molecular weight is 358 g/mol. The third-order valence-corrected chi connectivity index (χ3v) is 4.42. The molecule has 1 amide bonds. The molecule has 2 aromatic carbocycles. The van der Waals surface area contributed by atoms with Gasteiger partial charge in [0.05, 0.1) is 24.9 Å². The summed E-state index contributed by atoms with van der Waals surface area (Å²) in [5.41, 5.74) is -0.696. The van der Waals surface area contributed by atoms with E-state index < -0.39 is 24.1 Å². The molecule has 2 N–H and O–H groups in total. The fourth-order valence-electron chi connectivity index (χ4n) is 2.90. The van der Waals surface area contributed by atoms with Crippen LogP contribution in [0.15, 0.2) is 48.5 Å². The van der Waals surface area contributed by atoms with Crippen LogP contribution in [0.5, 0.6) is 5.75 Å². The Kier molecular flexibility index (Phi) is 4.79. The first-order valence-electron chi connectivity index (χ1n) is 8.15. The van der Waals surface area contributed by atoms with Crippen LogP contribution in [-0.2, 0) is 4.79 Å². The molecule has 1 aliphatic heterocycles. The third kappa shape index (κ3) is 3.46. The smallest absolute Gasteiger partial charge is 0.343 e. The molecule has 1 atom stereocenters. The van der Waals surface area contributed by atoms with E-state index in [0.717, 1.165) is 5.69 Å². The molecule has 0 spiro atoms. The number of aliphatic carboxylic acids is 1. The van der Waals surface area contributed by atoms with Gasteiger partial charge in [-0.25, -0.2) is 9.18 Å². The highest BCUT2D eigenvalue weighted by molar-refractivity contribution is 6.01. The Labute approximate surface area is 150 Å². The number of carboxylic acid groups (broad SMARTS) is 1. The highest BCUT2D eigenvalue weighted by Crippen LogP contribution is 2.29.